The average molecular weight is 353 g/mol. The van der Waals surface area contributed by atoms with Crippen molar-refractivity contribution in [3.05, 3.63) is 47.7 Å². The molecule has 134 valence electrons. The number of hydrogen-bond donors (Lipinski definition) is 0. The maximum atomic E-state index is 13.3. The monoisotopic (exact) mass is 353 g/mol. The molecule has 1 aromatic heterocycles. The number of rotatable bonds is 3. The van der Waals surface area contributed by atoms with Crippen molar-refractivity contribution in [1.82, 2.24) is 4.57 Å². The zero-order valence-corrected chi connectivity index (χ0v) is 14.7. The number of ether oxygens (including phenoxy) is 2. The molecule has 1 aliphatic carbocycles. The summed E-state index contributed by atoms with van der Waals surface area (Å²) in [6, 6.07) is 9.48. The minimum absolute atomic E-state index is 0.132. The maximum absolute atomic E-state index is 13.3. The molecule has 0 N–H and O–H groups in total. The van der Waals surface area contributed by atoms with E-state index in [4.69, 9.17) is 9.47 Å². The lowest BCUT2D eigenvalue weighted by Gasteiger charge is -2.33. The van der Waals surface area contributed by atoms with Crippen LogP contribution in [0, 0.1) is 5.41 Å². The van der Waals surface area contributed by atoms with Crippen LogP contribution >= 0.6 is 0 Å². The van der Waals surface area contributed by atoms with Crippen LogP contribution in [0.2, 0.25) is 0 Å². The minimum atomic E-state index is -1.32. The van der Waals surface area contributed by atoms with E-state index in [2.05, 4.69) is 0 Å². The normalized spacial score (nSPS) is 24.0. The van der Waals surface area contributed by atoms with Crippen LogP contribution in [0.4, 0.5) is 0 Å². The van der Waals surface area contributed by atoms with Crippen LogP contribution < -0.4 is 0 Å². The van der Waals surface area contributed by atoms with Gasteiger partial charge in [-0.3, -0.25) is 14.2 Å². The molecule has 2 aromatic rings. The van der Waals surface area contributed by atoms with E-state index in [1.54, 1.807) is 17.6 Å². The molecule has 0 bridgehead atoms. The molecular formula is C20H19NO5. The number of nitrogens with zero attached hydrogens (tertiary/aromatic N) is 1. The number of carbonyl (C=O) groups is 3. The summed E-state index contributed by atoms with van der Waals surface area (Å²) in [5, 5.41) is 0.932. The Kier molecular flexibility index (Phi) is 3.72. The van der Waals surface area contributed by atoms with Crippen molar-refractivity contribution >= 4 is 28.7 Å². The van der Waals surface area contributed by atoms with Crippen LogP contribution in [0.5, 0.6) is 0 Å². The molecule has 1 aliphatic heterocycles. The summed E-state index contributed by atoms with van der Waals surface area (Å²) in [5.74, 6) is -1.68. The van der Waals surface area contributed by atoms with Crippen LogP contribution in [0.1, 0.15) is 36.2 Å². The van der Waals surface area contributed by atoms with E-state index in [-0.39, 0.29) is 25.4 Å². The predicted octanol–water partition coefficient (Wildman–Crippen LogP) is 2.82. The topological polar surface area (TPSA) is 74.6 Å². The van der Waals surface area contributed by atoms with Crippen molar-refractivity contribution in [2.45, 2.75) is 25.7 Å². The predicted molar refractivity (Wildman–Crippen MR) is 93.7 cm³/mol. The highest BCUT2D eigenvalue weighted by molar-refractivity contribution is 6.12. The van der Waals surface area contributed by atoms with E-state index in [0.29, 0.717) is 5.57 Å². The lowest BCUT2D eigenvalue weighted by atomic mass is 9.67. The van der Waals surface area contributed by atoms with Crippen LogP contribution in [-0.2, 0) is 19.1 Å². The molecule has 26 heavy (non-hydrogen) atoms. The number of allylic oxidation sites excluding steroid dienone is 1. The highest BCUT2D eigenvalue weighted by Gasteiger charge is 2.61. The molecule has 6 nitrogen and oxygen atoms in total. The molecule has 0 amide bonds. The number of benzene rings is 1. The molecule has 0 saturated carbocycles. The van der Waals surface area contributed by atoms with E-state index in [0.717, 1.165) is 16.6 Å². The summed E-state index contributed by atoms with van der Waals surface area (Å²) < 4.78 is 11.7. The summed E-state index contributed by atoms with van der Waals surface area (Å²) in [6.07, 6.45) is 2.06. The SMILES string of the molecule is CCOC(=O)C1=CCC2(C(=O)OC)C(=O)n3c(cc4ccccc43)C2C1. The van der Waals surface area contributed by atoms with Crippen LogP contribution in [-0.4, -0.2) is 36.1 Å². The van der Waals surface area contributed by atoms with Gasteiger partial charge in [0.1, 0.15) is 0 Å². The van der Waals surface area contributed by atoms with Crippen molar-refractivity contribution in [3.63, 3.8) is 0 Å². The van der Waals surface area contributed by atoms with E-state index in [1.807, 2.05) is 30.3 Å². The van der Waals surface area contributed by atoms with Gasteiger partial charge in [-0.2, -0.15) is 0 Å². The highest BCUT2D eigenvalue weighted by atomic mass is 16.5. The number of carbonyl (C=O) groups excluding carboxylic acids is 3. The number of hydrogen-bond acceptors (Lipinski definition) is 5. The van der Waals surface area contributed by atoms with E-state index in [9.17, 15) is 14.4 Å². The Morgan fingerprint density at radius 2 is 2.08 bits per heavy atom. The Labute approximate surface area is 150 Å². The van der Waals surface area contributed by atoms with Crippen LogP contribution in [0.15, 0.2) is 42.0 Å². The number of methoxy groups -OCH3 is 1. The first-order chi connectivity index (χ1) is 12.5. The minimum Gasteiger partial charge on any atom is -0.468 e. The van der Waals surface area contributed by atoms with Gasteiger partial charge in [0.2, 0.25) is 5.91 Å². The van der Waals surface area contributed by atoms with Gasteiger partial charge in [0, 0.05) is 22.6 Å². The summed E-state index contributed by atoms with van der Waals surface area (Å²) in [6.45, 7) is 2.03. The quantitative estimate of drug-likeness (QED) is 0.627. The lowest BCUT2D eigenvalue weighted by molar-refractivity contribution is -0.151. The van der Waals surface area contributed by atoms with Crippen LogP contribution in [0.25, 0.3) is 10.9 Å². The van der Waals surface area contributed by atoms with Gasteiger partial charge >= 0.3 is 11.9 Å². The Bertz CT molecular complexity index is 970. The molecule has 0 saturated heterocycles. The van der Waals surface area contributed by atoms with Crippen molar-refractivity contribution in [3.8, 4) is 0 Å². The Morgan fingerprint density at radius 1 is 1.31 bits per heavy atom. The molecule has 6 heteroatoms. The fraction of sp³-hybridized carbons (Fsp3) is 0.350. The average Bonchev–Trinajstić information content (AvgIpc) is 3.15. The first kappa shape index (κ1) is 16.6. The standard InChI is InChI=1S/C20H19NO5/c1-3-26-17(22)13-8-9-20(19(24)25-2)14(10-13)16-11-12-6-4-5-7-15(12)21(16)18(20)23/h4-8,11,14H,3,9-10H2,1-2H3. The van der Waals surface area contributed by atoms with Gasteiger partial charge in [-0.25, -0.2) is 4.79 Å². The van der Waals surface area contributed by atoms with Gasteiger partial charge in [0.05, 0.1) is 19.2 Å². The zero-order valence-electron chi connectivity index (χ0n) is 14.7. The third-order valence-corrected chi connectivity index (χ3v) is 5.46. The zero-order chi connectivity index (χ0) is 18.5. The second kappa shape index (κ2) is 5.83. The largest absolute Gasteiger partial charge is 0.468 e. The summed E-state index contributed by atoms with van der Waals surface area (Å²) in [4.78, 5) is 38.2. The van der Waals surface area contributed by atoms with E-state index < -0.39 is 23.3 Å². The van der Waals surface area contributed by atoms with Gasteiger partial charge in [-0.1, -0.05) is 24.3 Å². The molecule has 2 atom stereocenters. The number of para-hydroxylation sites is 1. The Hall–Kier alpha value is -2.89. The molecule has 0 fully saturated rings. The smallest absolute Gasteiger partial charge is 0.333 e. The molecule has 2 unspecified atom stereocenters. The fourth-order valence-corrected chi connectivity index (χ4v) is 4.24. The third-order valence-electron chi connectivity index (χ3n) is 5.46. The van der Waals surface area contributed by atoms with Gasteiger partial charge in [0.15, 0.2) is 5.41 Å². The second-order valence-corrected chi connectivity index (χ2v) is 6.64. The first-order valence-corrected chi connectivity index (χ1v) is 8.64. The summed E-state index contributed by atoms with van der Waals surface area (Å²) in [5.41, 5.74) is 0.701. The molecule has 2 aliphatic rings. The number of fused-ring (bicyclic) bond motifs is 5. The fourth-order valence-electron chi connectivity index (χ4n) is 4.24. The molecular weight excluding hydrogens is 334 g/mol. The summed E-state index contributed by atoms with van der Waals surface area (Å²) in [7, 11) is 1.29. The molecule has 0 spiro atoms. The number of esters is 2. The van der Waals surface area contributed by atoms with Crippen molar-refractivity contribution in [2.24, 2.45) is 5.41 Å². The van der Waals surface area contributed by atoms with Crippen molar-refractivity contribution in [2.75, 3.05) is 13.7 Å². The molecule has 0 radical (unpaired) electrons. The van der Waals surface area contributed by atoms with Crippen molar-refractivity contribution in [1.29, 1.82) is 0 Å². The van der Waals surface area contributed by atoms with Gasteiger partial charge in [0.25, 0.3) is 0 Å². The second-order valence-electron chi connectivity index (χ2n) is 6.64. The maximum Gasteiger partial charge on any atom is 0.333 e. The van der Waals surface area contributed by atoms with E-state index >= 15 is 0 Å². The highest BCUT2D eigenvalue weighted by Crippen LogP contribution is 2.54. The molecule has 1 aromatic carbocycles. The van der Waals surface area contributed by atoms with E-state index in [1.165, 1.54) is 7.11 Å². The number of aromatic nitrogens is 1. The van der Waals surface area contributed by atoms with Gasteiger partial charge in [-0.05, 0) is 31.9 Å². The first-order valence-electron chi connectivity index (χ1n) is 8.64. The third kappa shape index (κ3) is 2.01. The molecule has 4 rings (SSSR count). The lowest BCUT2D eigenvalue weighted by Crippen LogP contribution is -2.44. The van der Waals surface area contributed by atoms with Gasteiger partial charge < -0.3 is 9.47 Å². The Morgan fingerprint density at radius 3 is 2.81 bits per heavy atom. The van der Waals surface area contributed by atoms with Gasteiger partial charge in [-0.15, -0.1) is 0 Å². The molecule has 2 heterocycles. The summed E-state index contributed by atoms with van der Waals surface area (Å²) >= 11 is 0. The van der Waals surface area contributed by atoms with Crippen molar-refractivity contribution < 1.29 is 23.9 Å². The van der Waals surface area contributed by atoms with Crippen LogP contribution in [0.3, 0.4) is 0 Å². The Balaban J connectivity index is 1.88.